The number of sulfone groups is 1. The molecule has 0 atom stereocenters. The predicted molar refractivity (Wildman–Crippen MR) is 82.8 cm³/mol. The van der Waals surface area contributed by atoms with E-state index in [9.17, 15) is 12.8 Å². The van der Waals surface area contributed by atoms with Crippen molar-refractivity contribution in [3.8, 4) is 23.3 Å². The fourth-order valence-corrected chi connectivity index (χ4v) is 2.49. The van der Waals surface area contributed by atoms with Gasteiger partial charge in [0.05, 0.1) is 12.0 Å². The standard InChI is InChI=1S/C12H10FIN2O5S/c1-19-10-11(15-6-16-12(10)21-14)20-9-4-3-7(5-8(9)13)22(2,17)18/h3-6H,1-2H3. The minimum Gasteiger partial charge on any atom is -0.487 e. The topological polar surface area (TPSA) is 87.6 Å². The summed E-state index contributed by atoms with van der Waals surface area (Å²) >= 11 is 1.60. The van der Waals surface area contributed by atoms with Gasteiger partial charge in [-0.15, -0.1) is 0 Å². The number of ether oxygens (including phenoxy) is 2. The second-order valence-electron chi connectivity index (χ2n) is 4.06. The van der Waals surface area contributed by atoms with Gasteiger partial charge in [-0.05, 0) is 18.2 Å². The highest BCUT2D eigenvalue weighted by Crippen LogP contribution is 2.37. The molecule has 22 heavy (non-hydrogen) atoms. The van der Waals surface area contributed by atoms with Crippen molar-refractivity contribution < 1.29 is 25.3 Å². The van der Waals surface area contributed by atoms with Crippen molar-refractivity contribution in [3.63, 3.8) is 0 Å². The normalized spacial score (nSPS) is 11.1. The Morgan fingerprint density at radius 3 is 2.45 bits per heavy atom. The molecule has 2 aromatic rings. The van der Waals surface area contributed by atoms with Crippen molar-refractivity contribution in [2.45, 2.75) is 4.90 Å². The van der Waals surface area contributed by atoms with Gasteiger partial charge >= 0.3 is 0 Å². The second-order valence-corrected chi connectivity index (χ2v) is 6.52. The zero-order valence-corrected chi connectivity index (χ0v) is 14.4. The van der Waals surface area contributed by atoms with Crippen LogP contribution in [0, 0.1) is 5.82 Å². The van der Waals surface area contributed by atoms with Crippen LogP contribution in [0.25, 0.3) is 0 Å². The van der Waals surface area contributed by atoms with Crippen LogP contribution in [0.15, 0.2) is 29.4 Å². The lowest BCUT2D eigenvalue weighted by molar-refractivity contribution is 0.349. The first-order chi connectivity index (χ1) is 10.4. The van der Waals surface area contributed by atoms with Crippen LogP contribution in [0.2, 0.25) is 0 Å². The first-order valence-electron chi connectivity index (χ1n) is 5.72. The Kier molecular flexibility index (Phi) is 5.01. The monoisotopic (exact) mass is 440 g/mol. The smallest absolute Gasteiger partial charge is 0.274 e. The van der Waals surface area contributed by atoms with Crippen LogP contribution in [-0.4, -0.2) is 31.8 Å². The molecule has 0 N–H and O–H groups in total. The van der Waals surface area contributed by atoms with E-state index in [1.807, 2.05) is 0 Å². The van der Waals surface area contributed by atoms with Crippen LogP contribution in [0.4, 0.5) is 4.39 Å². The zero-order valence-electron chi connectivity index (χ0n) is 11.4. The molecule has 0 aliphatic carbocycles. The van der Waals surface area contributed by atoms with Crippen molar-refractivity contribution in [2.24, 2.45) is 0 Å². The fourth-order valence-electron chi connectivity index (χ4n) is 1.54. The van der Waals surface area contributed by atoms with E-state index < -0.39 is 15.7 Å². The van der Waals surface area contributed by atoms with Gasteiger partial charge in [0.2, 0.25) is 5.75 Å². The molecule has 0 fully saturated rings. The van der Waals surface area contributed by atoms with Crippen molar-refractivity contribution >= 4 is 32.8 Å². The average molecular weight is 440 g/mol. The highest BCUT2D eigenvalue weighted by Gasteiger charge is 2.18. The molecule has 0 bridgehead atoms. The third-order valence-corrected chi connectivity index (χ3v) is 4.08. The minimum atomic E-state index is -3.51. The van der Waals surface area contributed by atoms with Gasteiger partial charge in [0.1, 0.15) is 6.33 Å². The van der Waals surface area contributed by atoms with E-state index in [0.717, 1.165) is 18.6 Å². The van der Waals surface area contributed by atoms with Gasteiger partial charge in [-0.2, -0.15) is 9.97 Å². The molecule has 1 aromatic carbocycles. The first kappa shape index (κ1) is 16.7. The number of nitrogens with zero attached hydrogens (tertiary/aromatic N) is 2. The number of aromatic nitrogens is 2. The van der Waals surface area contributed by atoms with Gasteiger partial charge in [0.15, 0.2) is 44.4 Å². The predicted octanol–water partition coefficient (Wildman–Crippen LogP) is 2.55. The Hall–Kier alpha value is -1.69. The van der Waals surface area contributed by atoms with E-state index in [1.54, 1.807) is 23.0 Å². The molecular formula is C12H10FIN2O5S. The van der Waals surface area contributed by atoms with Crippen LogP contribution in [0.3, 0.4) is 0 Å². The number of hydrogen-bond acceptors (Lipinski definition) is 7. The fraction of sp³-hybridized carbons (Fsp3) is 0.167. The second kappa shape index (κ2) is 6.60. The number of methoxy groups -OCH3 is 1. The SMILES string of the molecule is COc1c(OI)ncnc1Oc1ccc(S(C)(=O)=O)cc1F. The van der Waals surface area contributed by atoms with Crippen LogP contribution in [-0.2, 0) is 9.84 Å². The van der Waals surface area contributed by atoms with Gasteiger partial charge in [0.25, 0.3) is 11.8 Å². The molecule has 2 rings (SSSR count). The zero-order chi connectivity index (χ0) is 16.3. The van der Waals surface area contributed by atoms with Crippen molar-refractivity contribution in [3.05, 3.63) is 30.3 Å². The molecule has 1 heterocycles. The number of hydrogen-bond donors (Lipinski definition) is 0. The summed E-state index contributed by atoms with van der Waals surface area (Å²) in [4.78, 5) is 7.51. The Morgan fingerprint density at radius 2 is 1.91 bits per heavy atom. The molecule has 0 saturated carbocycles. The largest absolute Gasteiger partial charge is 0.487 e. The highest BCUT2D eigenvalue weighted by molar-refractivity contribution is 14.1. The Morgan fingerprint density at radius 1 is 1.23 bits per heavy atom. The molecule has 118 valence electrons. The molecule has 0 aliphatic heterocycles. The number of rotatable bonds is 5. The van der Waals surface area contributed by atoms with Gasteiger partial charge < -0.3 is 12.5 Å². The Bertz CT molecular complexity index is 800. The van der Waals surface area contributed by atoms with E-state index in [4.69, 9.17) is 12.5 Å². The summed E-state index contributed by atoms with van der Waals surface area (Å²) in [6.07, 6.45) is 2.15. The summed E-state index contributed by atoms with van der Waals surface area (Å²) in [7, 11) is -2.15. The summed E-state index contributed by atoms with van der Waals surface area (Å²) < 4.78 is 52.0. The van der Waals surface area contributed by atoms with Gasteiger partial charge in [0, 0.05) is 6.26 Å². The van der Waals surface area contributed by atoms with Crippen LogP contribution in [0.5, 0.6) is 23.3 Å². The molecule has 1 aromatic heterocycles. The molecular weight excluding hydrogens is 430 g/mol. The number of halogens is 2. The van der Waals surface area contributed by atoms with Crippen molar-refractivity contribution in [1.82, 2.24) is 9.97 Å². The van der Waals surface area contributed by atoms with E-state index >= 15 is 0 Å². The lowest BCUT2D eigenvalue weighted by Gasteiger charge is -2.11. The maximum absolute atomic E-state index is 14.0. The van der Waals surface area contributed by atoms with Crippen molar-refractivity contribution in [1.29, 1.82) is 0 Å². The van der Waals surface area contributed by atoms with E-state index in [0.29, 0.717) is 0 Å². The van der Waals surface area contributed by atoms with E-state index in [-0.39, 0.29) is 28.2 Å². The maximum Gasteiger partial charge on any atom is 0.274 e. The summed E-state index contributed by atoms with van der Waals surface area (Å²) in [5, 5.41) is 0. The maximum atomic E-state index is 14.0. The third kappa shape index (κ3) is 3.55. The molecule has 0 aliphatic rings. The van der Waals surface area contributed by atoms with Crippen LogP contribution in [0.1, 0.15) is 0 Å². The first-order valence-corrected chi connectivity index (χ1v) is 8.49. The summed E-state index contributed by atoms with van der Waals surface area (Å²) in [5.41, 5.74) is 0. The number of benzene rings is 1. The van der Waals surface area contributed by atoms with Crippen LogP contribution >= 0.6 is 23.0 Å². The van der Waals surface area contributed by atoms with Crippen molar-refractivity contribution in [2.75, 3.05) is 13.4 Å². The quantitative estimate of drug-likeness (QED) is 0.661. The molecule has 0 unspecified atom stereocenters. The lowest BCUT2D eigenvalue weighted by Crippen LogP contribution is -2.00. The Balaban J connectivity index is 2.40. The van der Waals surface area contributed by atoms with E-state index in [2.05, 4.69) is 9.97 Å². The van der Waals surface area contributed by atoms with Gasteiger partial charge in [-0.25, -0.2) is 12.8 Å². The van der Waals surface area contributed by atoms with E-state index in [1.165, 1.54) is 19.2 Å². The average Bonchev–Trinajstić information content (AvgIpc) is 2.47. The van der Waals surface area contributed by atoms with Crippen LogP contribution < -0.4 is 12.5 Å². The third-order valence-electron chi connectivity index (χ3n) is 2.55. The molecule has 10 heteroatoms. The summed E-state index contributed by atoms with van der Waals surface area (Å²) in [6.45, 7) is 0. The molecule has 0 spiro atoms. The minimum absolute atomic E-state index is 0.0600. The molecule has 0 amide bonds. The summed E-state index contributed by atoms with van der Waals surface area (Å²) in [6, 6.07) is 3.29. The molecule has 0 saturated heterocycles. The molecule has 0 radical (unpaired) electrons. The summed E-state index contributed by atoms with van der Waals surface area (Å²) in [5.74, 6) is -0.913. The Labute approximate surface area is 140 Å². The highest BCUT2D eigenvalue weighted by atomic mass is 127. The van der Waals surface area contributed by atoms with Gasteiger partial charge in [-0.1, -0.05) is 0 Å². The lowest BCUT2D eigenvalue weighted by atomic mass is 10.3. The molecule has 7 nitrogen and oxygen atoms in total. The van der Waals surface area contributed by atoms with Gasteiger partial charge in [-0.3, -0.25) is 0 Å².